The van der Waals surface area contributed by atoms with Gasteiger partial charge in [0.1, 0.15) is 17.2 Å². The maximum atomic E-state index is 13.7. The number of primary amides is 1. The minimum Gasteiger partial charge on any atom is -0.403 e. The number of rotatable bonds is 12. The van der Waals surface area contributed by atoms with E-state index in [1.165, 1.54) is 48.0 Å². The van der Waals surface area contributed by atoms with Crippen LogP contribution in [0, 0.1) is 0 Å². The normalized spacial score (nSPS) is 20.2. The fourth-order valence-corrected chi connectivity index (χ4v) is 6.11. The summed E-state index contributed by atoms with van der Waals surface area (Å²) in [5, 5.41) is 16.9. The molecular formula is C28H39F2N7O6S. The van der Waals surface area contributed by atoms with E-state index in [2.05, 4.69) is 10.6 Å². The van der Waals surface area contributed by atoms with E-state index in [-0.39, 0.29) is 42.0 Å². The van der Waals surface area contributed by atoms with E-state index >= 15 is 0 Å². The van der Waals surface area contributed by atoms with Crippen LogP contribution < -0.4 is 27.9 Å². The van der Waals surface area contributed by atoms with Crippen LogP contribution in [0.4, 0.5) is 8.78 Å². The highest BCUT2D eigenvalue weighted by atomic mass is 32.2. The van der Waals surface area contributed by atoms with Crippen LogP contribution in [0.25, 0.3) is 0 Å². The van der Waals surface area contributed by atoms with E-state index in [9.17, 15) is 37.9 Å². The number of nitrogens with two attached hydrogens (primary N) is 3. The van der Waals surface area contributed by atoms with Crippen molar-refractivity contribution in [2.45, 2.75) is 86.2 Å². The highest BCUT2D eigenvalue weighted by molar-refractivity contribution is 7.99. The smallest absolute Gasteiger partial charge is 0.288 e. The van der Waals surface area contributed by atoms with E-state index < -0.39 is 64.9 Å². The average Bonchev–Trinajstić information content (AvgIpc) is 3.41. The Morgan fingerprint density at radius 3 is 2.30 bits per heavy atom. The molecule has 9 N–H and O–H groups in total. The lowest BCUT2D eigenvalue weighted by atomic mass is 9.78. The summed E-state index contributed by atoms with van der Waals surface area (Å²) in [6.07, 6.45) is 3.47. The summed E-state index contributed by atoms with van der Waals surface area (Å²) < 4.78 is 25.2. The topological polar surface area (TPSA) is 214 Å². The summed E-state index contributed by atoms with van der Waals surface area (Å²) in [4.78, 5) is 66.1. The number of ketones is 1. The first kappa shape index (κ1) is 34.7. The standard InChI is InChI=1S/C28H39F2N7O6S/c1-27(2,43)20(13-31)37(33)17-12-19(25(42)35-28(22(39)23(32)40)10-4-3-5-11-28)36(15-17)21(38)14-34-24(41)16-6-8-18(9-7-16)44-26(29)30/h6-9,13,17,19,26,43H,3-5,10-12,14-15,31,33H2,1-2H3,(H2,32,40)(H,34,41)(H,35,42)/b20-13-. The third-order valence-electron chi connectivity index (χ3n) is 7.83. The fraction of sp³-hybridized carbons (Fsp3) is 0.536. The summed E-state index contributed by atoms with van der Waals surface area (Å²) in [5.74, 6) is -0.409. The van der Waals surface area contributed by atoms with Gasteiger partial charge in [-0.05, 0) is 51.0 Å². The van der Waals surface area contributed by atoms with E-state index in [1.807, 2.05) is 0 Å². The van der Waals surface area contributed by atoms with E-state index in [4.69, 9.17) is 17.3 Å². The van der Waals surface area contributed by atoms with Gasteiger partial charge in [-0.2, -0.15) is 8.78 Å². The molecule has 0 bridgehead atoms. The predicted molar refractivity (Wildman–Crippen MR) is 157 cm³/mol. The van der Waals surface area contributed by atoms with Gasteiger partial charge in [0.2, 0.25) is 17.6 Å². The van der Waals surface area contributed by atoms with Gasteiger partial charge in [-0.3, -0.25) is 24.0 Å². The van der Waals surface area contributed by atoms with Crippen LogP contribution in [0.5, 0.6) is 0 Å². The Morgan fingerprint density at radius 1 is 1.16 bits per heavy atom. The molecule has 2 atom stereocenters. The van der Waals surface area contributed by atoms with Crippen molar-refractivity contribution >= 4 is 41.2 Å². The summed E-state index contributed by atoms with van der Waals surface area (Å²) in [6.45, 7) is 2.30. The fourth-order valence-electron chi connectivity index (χ4n) is 5.61. The van der Waals surface area contributed by atoms with Crippen LogP contribution in [0.1, 0.15) is 62.7 Å². The van der Waals surface area contributed by atoms with Gasteiger partial charge in [-0.1, -0.05) is 31.0 Å². The van der Waals surface area contributed by atoms with Crippen molar-refractivity contribution in [3.63, 3.8) is 0 Å². The molecule has 3 rings (SSSR count). The molecule has 1 aliphatic heterocycles. The minimum atomic E-state index is -2.62. The Labute approximate surface area is 257 Å². The molecule has 1 aliphatic carbocycles. The highest BCUT2D eigenvalue weighted by Gasteiger charge is 2.48. The number of aliphatic hydroxyl groups is 1. The van der Waals surface area contributed by atoms with Crippen LogP contribution in [0.3, 0.4) is 0 Å². The summed E-state index contributed by atoms with van der Waals surface area (Å²) in [5.41, 5.74) is 8.32. The second kappa shape index (κ2) is 14.3. The first-order chi connectivity index (χ1) is 20.6. The Bertz CT molecular complexity index is 1280. The first-order valence-electron chi connectivity index (χ1n) is 14.1. The number of thioether (sulfide) groups is 1. The molecule has 4 amide bonds. The maximum absolute atomic E-state index is 13.7. The molecule has 1 saturated heterocycles. The zero-order valence-corrected chi connectivity index (χ0v) is 25.4. The first-order valence-corrected chi connectivity index (χ1v) is 14.9. The number of hydrogen-bond donors (Lipinski definition) is 6. The molecule has 44 heavy (non-hydrogen) atoms. The van der Waals surface area contributed by atoms with Crippen molar-refractivity contribution in [1.82, 2.24) is 20.5 Å². The monoisotopic (exact) mass is 639 g/mol. The maximum Gasteiger partial charge on any atom is 0.288 e. The van der Waals surface area contributed by atoms with Crippen molar-refractivity contribution in [1.29, 1.82) is 0 Å². The van der Waals surface area contributed by atoms with E-state index in [0.29, 0.717) is 24.6 Å². The third-order valence-corrected chi connectivity index (χ3v) is 8.55. The molecule has 13 nitrogen and oxygen atoms in total. The number of carbonyl (C=O) groups excluding carboxylic acids is 5. The number of likely N-dealkylation sites (tertiary alicyclic amines) is 1. The number of Topliss-reactive ketones (excluding diaryl/α,β-unsaturated/α-hetero) is 1. The molecule has 16 heteroatoms. The molecule has 2 unspecified atom stereocenters. The number of hydrazine groups is 1. The summed E-state index contributed by atoms with van der Waals surface area (Å²) in [6, 6.07) is 3.52. The van der Waals surface area contributed by atoms with Crippen LogP contribution in [0.2, 0.25) is 0 Å². The van der Waals surface area contributed by atoms with Crippen molar-refractivity contribution in [3.05, 3.63) is 41.7 Å². The minimum absolute atomic E-state index is 0.0282. The molecule has 0 aromatic heterocycles. The van der Waals surface area contributed by atoms with Crippen molar-refractivity contribution in [3.8, 4) is 0 Å². The van der Waals surface area contributed by atoms with Crippen molar-refractivity contribution < 1.29 is 37.9 Å². The SMILES string of the molecule is CC(C)(O)/C(=C/N)N(N)C1CC(C(=O)NC2(C(=O)C(N)=O)CCCCC2)N(C(=O)CNC(=O)c2ccc(SC(F)F)cc2)C1. The lowest BCUT2D eigenvalue weighted by Gasteiger charge is -2.37. The lowest BCUT2D eigenvalue weighted by Crippen LogP contribution is -2.62. The van der Waals surface area contributed by atoms with Crippen molar-refractivity contribution in [2.24, 2.45) is 17.3 Å². The molecule has 242 valence electrons. The Kier molecular flexibility index (Phi) is 11.3. The number of amides is 4. The number of carbonyl (C=O) groups is 5. The molecule has 0 spiro atoms. The summed E-state index contributed by atoms with van der Waals surface area (Å²) >= 11 is 0.327. The van der Waals surface area contributed by atoms with Crippen molar-refractivity contribution in [2.75, 3.05) is 13.1 Å². The van der Waals surface area contributed by atoms with Gasteiger partial charge in [0.25, 0.3) is 17.6 Å². The van der Waals surface area contributed by atoms with Gasteiger partial charge in [0, 0.05) is 29.6 Å². The molecule has 2 fully saturated rings. The van der Waals surface area contributed by atoms with Crippen LogP contribution in [-0.4, -0.2) is 86.5 Å². The van der Waals surface area contributed by atoms with Crippen LogP contribution in [-0.2, 0) is 19.2 Å². The summed E-state index contributed by atoms with van der Waals surface area (Å²) in [7, 11) is 0. The second-order valence-electron chi connectivity index (χ2n) is 11.4. The number of alkyl halides is 2. The highest BCUT2D eigenvalue weighted by Crippen LogP contribution is 2.32. The van der Waals surface area contributed by atoms with Gasteiger partial charge >= 0.3 is 0 Å². The molecule has 1 heterocycles. The quantitative estimate of drug-likeness (QED) is 0.0797. The molecule has 0 radical (unpaired) electrons. The number of nitrogens with one attached hydrogen (secondary N) is 2. The Hall–Kier alpha value is -3.76. The Morgan fingerprint density at radius 2 is 1.77 bits per heavy atom. The van der Waals surface area contributed by atoms with E-state index in [1.54, 1.807) is 0 Å². The van der Waals surface area contributed by atoms with Crippen LogP contribution >= 0.6 is 11.8 Å². The molecule has 1 aromatic carbocycles. The van der Waals surface area contributed by atoms with E-state index in [0.717, 1.165) is 12.6 Å². The molecule has 1 aromatic rings. The number of hydrogen-bond acceptors (Lipinski definition) is 10. The predicted octanol–water partition coefficient (Wildman–Crippen LogP) is 0.321. The molecular weight excluding hydrogens is 600 g/mol. The molecule has 1 saturated carbocycles. The average molecular weight is 640 g/mol. The lowest BCUT2D eigenvalue weighted by molar-refractivity contribution is -0.145. The number of benzene rings is 1. The van der Waals surface area contributed by atoms with Gasteiger partial charge in [0.05, 0.1) is 18.3 Å². The second-order valence-corrected chi connectivity index (χ2v) is 12.4. The van der Waals surface area contributed by atoms with Gasteiger partial charge < -0.3 is 37.1 Å². The van der Waals surface area contributed by atoms with Gasteiger partial charge in [0.15, 0.2) is 0 Å². The van der Waals surface area contributed by atoms with Crippen LogP contribution in [0.15, 0.2) is 41.1 Å². The molecule has 2 aliphatic rings. The largest absolute Gasteiger partial charge is 0.403 e. The van der Waals surface area contributed by atoms with Gasteiger partial charge in [-0.15, -0.1) is 0 Å². The Balaban J connectivity index is 1.82. The van der Waals surface area contributed by atoms with Gasteiger partial charge in [-0.25, -0.2) is 5.84 Å². The number of halogens is 2. The zero-order valence-electron chi connectivity index (χ0n) is 24.6. The number of nitrogens with zero attached hydrogens (tertiary/aromatic N) is 2. The zero-order chi connectivity index (χ0) is 32.8. The third kappa shape index (κ3) is 8.24.